The normalized spacial score (nSPS) is 11.3. The molecule has 3 heterocycles. The van der Waals surface area contributed by atoms with E-state index in [1.807, 2.05) is 30.3 Å². The van der Waals surface area contributed by atoms with Crippen LogP contribution in [0.4, 0.5) is 0 Å². The predicted molar refractivity (Wildman–Crippen MR) is 66.9 cm³/mol. The van der Waals surface area contributed by atoms with Crippen LogP contribution in [0.25, 0.3) is 33.7 Å². The van der Waals surface area contributed by atoms with Crippen LogP contribution in [0, 0.1) is 0 Å². The number of furan rings is 1. The zero-order valence-electron chi connectivity index (χ0n) is 9.29. The van der Waals surface area contributed by atoms with Gasteiger partial charge in [-0.15, -0.1) is 0 Å². The maximum absolute atomic E-state index is 5.74. The lowest BCUT2D eigenvalue weighted by Gasteiger charge is -1.86. The molecule has 5 nitrogen and oxygen atoms in total. The topological polar surface area (TPSA) is 67.6 Å². The Labute approximate surface area is 102 Å². The van der Waals surface area contributed by atoms with Crippen LogP contribution in [0.3, 0.4) is 0 Å². The van der Waals surface area contributed by atoms with E-state index >= 15 is 0 Å². The van der Waals surface area contributed by atoms with Crippen LogP contribution in [-0.4, -0.2) is 19.9 Å². The van der Waals surface area contributed by atoms with Crippen LogP contribution < -0.4 is 0 Å². The highest BCUT2D eigenvalue weighted by Gasteiger charge is 2.10. The molecule has 1 N–H and O–H groups in total. The number of imidazole rings is 1. The molecule has 4 aromatic rings. The van der Waals surface area contributed by atoms with E-state index in [2.05, 4.69) is 19.9 Å². The van der Waals surface area contributed by atoms with Crippen LogP contribution in [0.2, 0.25) is 0 Å². The molecule has 0 aliphatic rings. The fourth-order valence-electron chi connectivity index (χ4n) is 1.98. The number of benzene rings is 1. The first-order valence-corrected chi connectivity index (χ1v) is 5.55. The van der Waals surface area contributed by atoms with Gasteiger partial charge in [0.1, 0.15) is 17.4 Å². The van der Waals surface area contributed by atoms with Gasteiger partial charge in [0.15, 0.2) is 17.2 Å². The van der Waals surface area contributed by atoms with E-state index in [0.717, 1.165) is 16.5 Å². The van der Waals surface area contributed by atoms with E-state index in [9.17, 15) is 0 Å². The van der Waals surface area contributed by atoms with Crippen molar-refractivity contribution in [3.05, 3.63) is 42.9 Å². The molecule has 0 spiro atoms. The van der Waals surface area contributed by atoms with Crippen molar-refractivity contribution in [1.82, 2.24) is 19.9 Å². The zero-order chi connectivity index (χ0) is 11.9. The van der Waals surface area contributed by atoms with Crippen LogP contribution in [0.1, 0.15) is 0 Å². The smallest absolute Gasteiger partial charge is 0.181 e. The molecule has 1 aromatic carbocycles. The standard InChI is InChI=1S/C13H8N4O/c1-2-4-10-8(3-1)5-11(18-10)13-16-9-6-14-7-15-12(9)17-13/h1-7H,(H,14,15,16,17). The summed E-state index contributed by atoms with van der Waals surface area (Å²) in [5.74, 6) is 1.37. The highest BCUT2D eigenvalue weighted by atomic mass is 16.3. The number of para-hydroxylation sites is 1. The van der Waals surface area contributed by atoms with E-state index in [1.54, 1.807) is 6.20 Å². The minimum atomic E-state index is 0.639. The molecule has 4 rings (SSSR count). The average Bonchev–Trinajstić information content (AvgIpc) is 3.02. The number of fused-ring (bicyclic) bond motifs is 2. The molecule has 0 amide bonds. The van der Waals surface area contributed by atoms with E-state index in [-0.39, 0.29) is 0 Å². The Balaban J connectivity index is 1.95. The first-order valence-electron chi connectivity index (χ1n) is 5.55. The highest BCUT2D eigenvalue weighted by Crippen LogP contribution is 2.26. The fourth-order valence-corrected chi connectivity index (χ4v) is 1.98. The second-order valence-corrected chi connectivity index (χ2v) is 3.99. The van der Waals surface area contributed by atoms with Gasteiger partial charge >= 0.3 is 0 Å². The Morgan fingerprint density at radius 2 is 2.11 bits per heavy atom. The van der Waals surface area contributed by atoms with Crippen LogP contribution in [-0.2, 0) is 0 Å². The molecule has 0 saturated carbocycles. The molecule has 86 valence electrons. The number of rotatable bonds is 1. The van der Waals surface area contributed by atoms with Crippen molar-refractivity contribution in [1.29, 1.82) is 0 Å². The van der Waals surface area contributed by atoms with Crippen molar-refractivity contribution >= 4 is 22.1 Å². The SMILES string of the molecule is c1ccc2oc(-c3nc4ncncc4[nH]3)cc2c1. The van der Waals surface area contributed by atoms with Gasteiger partial charge in [-0.25, -0.2) is 15.0 Å². The molecule has 18 heavy (non-hydrogen) atoms. The van der Waals surface area contributed by atoms with Crippen molar-refractivity contribution in [2.45, 2.75) is 0 Å². The van der Waals surface area contributed by atoms with E-state index in [4.69, 9.17) is 4.42 Å². The average molecular weight is 236 g/mol. The van der Waals surface area contributed by atoms with Crippen molar-refractivity contribution < 1.29 is 4.42 Å². The Kier molecular flexibility index (Phi) is 1.77. The third-order valence-corrected chi connectivity index (χ3v) is 2.82. The summed E-state index contributed by atoms with van der Waals surface area (Å²) in [6.45, 7) is 0. The number of nitrogens with one attached hydrogen (secondary N) is 1. The molecule has 0 atom stereocenters. The van der Waals surface area contributed by atoms with E-state index in [0.29, 0.717) is 17.2 Å². The van der Waals surface area contributed by atoms with Crippen molar-refractivity contribution in [3.63, 3.8) is 0 Å². The van der Waals surface area contributed by atoms with Crippen molar-refractivity contribution in [2.24, 2.45) is 0 Å². The Bertz CT molecular complexity index is 708. The minimum absolute atomic E-state index is 0.639. The lowest BCUT2D eigenvalue weighted by molar-refractivity contribution is 0.626. The predicted octanol–water partition coefficient (Wildman–Crippen LogP) is 2.77. The van der Waals surface area contributed by atoms with Crippen LogP contribution >= 0.6 is 0 Å². The van der Waals surface area contributed by atoms with Gasteiger partial charge in [-0.1, -0.05) is 18.2 Å². The molecule has 0 saturated heterocycles. The quantitative estimate of drug-likeness (QED) is 0.551. The molecule has 0 aliphatic carbocycles. The van der Waals surface area contributed by atoms with Crippen LogP contribution in [0.5, 0.6) is 0 Å². The number of aromatic amines is 1. The third-order valence-electron chi connectivity index (χ3n) is 2.82. The van der Waals surface area contributed by atoms with Gasteiger partial charge in [-0.05, 0) is 12.1 Å². The Hall–Kier alpha value is -2.69. The fraction of sp³-hybridized carbons (Fsp3) is 0. The van der Waals surface area contributed by atoms with E-state index in [1.165, 1.54) is 6.33 Å². The molecule has 3 aromatic heterocycles. The van der Waals surface area contributed by atoms with Gasteiger partial charge in [0.05, 0.1) is 6.20 Å². The lowest BCUT2D eigenvalue weighted by atomic mass is 10.2. The molecular weight excluding hydrogens is 228 g/mol. The number of nitrogens with zero attached hydrogens (tertiary/aromatic N) is 3. The monoisotopic (exact) mass is 236 g/mol. The summed E-state index contributed by atoms with van der Waals surface area (Å²) in [5, 5.41) is 1.05. The summed E-state index contributed by atoms with van der Waals surface area (Å²) in [4.78, 5) is 15.6. The Morgan fingerprint density at radius 3 is 3.00 bits per heavy atom. The van der Waals surface area contributed by atoms with Gasteiger partial charge < -0.3 is 9.40 Å². The van der Waals surface area contributed by atoms with Crippen LogP contribution in [0.15, 0.2) is 47.3 Å². The first kappa shape index (κ1) is 9.35. The number of hydrogen-bond donors (Lipinski definition) is 1. The molecule has 0 unspecified atom stereocenters. The van der Waals surface area contributed by atoms with Gasteiger partial charge in [0, 0.05) is 5.39 Å². The summed E-state index contributed by atoms with van der Waals surface area (Å²) >= 11 is 0. The van der Waals surface area contributed by atoms with Crippen molar-refractivity contribution in [3.8, 4) is 11.6 Å². The van der Waals surface area contributed by atoms with Crippen molar-refractivity contribution in [2.75, 3.05) is 0 Å². The molecule has 0 aliphatic heterocycles. The van der Waals surface area contributed by atoms with Gasteiger partial charge in [-0.3, -0.25) is 0 Å². The lowest BCUT2D eigenvalue weighted by Crippen LogP contribution is -1.76. The second-order valence-electron chi connectivity index (χ2n) is 3.99. The van der Waals surface area contributed by atoms with Gasteiger partial charge in [0.25, 0.3) is 0 Å². The maximum atomic E-state index is 5.74. The molecule has 5 heteroatoms. The highest BCUT2D eigenvalue weighted by molar-refractivity contribution is 5.83. The van der Waals surface area contributed by atoms with Gasteiger partial charge in [0.2, 0.25) is 0 Å². The van der Waals surface area contributed by atoms with Gasteiger partial charge in [-0.2, -0.15) is 0 Å². The minimum Gasteiger partial charge on any atom is -0.453 e. The largest absolute Gasteiger partial charge is 0.453 e. The third kappa shape index (κ3) is 1.31. The van der Waals surface area contributed by atoms with E-state index < -0.39 is 0 Å². The maximum Gasteiger partial charge on any atom is 0.181 e. The zero-order valence-corrected chi connectivity index (χ0v) is 9.29. The summed E-state index contributed by atoms with van der Waals surface area (Å²) < 4.78 is 5.74. The molecule has 0 bridgehead atoms. The summed E-state index contributed by atoms with van der Waals surface area (Å²) in [6, 6.07) is 9.82. The summed E-state index contributed by atoms with van der Waals surface area (Å²) in [5.41, 5.74) is 2.28. The molecular formula is C13H8N4O. The molecule has 0 fully saturated rings. The first-order chi connectivity index (χ1) is 8.90. The second kappa shape index (κ2) is 3.40. The summed E-state index contributed by atoms with van der Waals surface area (Å²) in [6.07, 6.45) is 3.17. The summed E-state index contributed by atoms with van der Waals surface area (Å²) in [7, 11) is 0. The number of H-pyrrole nitrogens is 1. The molecule has 0 radical (unpaired) electrons. The number of hydrogen-bond acceptors (Lipinski definition) is 4. The Morgan fingerprint density at radius 1 is 1.17 bits per heavy atom. The number of aromatic nitrogens is 4.